The Labute approximate surface area is 206 Å². The number of carbonyl (C=O) groups is 2. The van der Waals surface area contributed by atoms with E-state index in [9.17, 15) is 14.7 Å². The molecule has 2 aliphatic rings. The number of aryl methyl sites for hydroxylation is 1. The Morgan fingerprint density at radius 3 is 2.67 bits per heavy atom. The molecule has 1 saturated heterocycles. The number of benzene rings is 3. The standard InChI is InChI=1S/C28H22N2O6/c1-15-23(19-8-3-4-9-20(19)29-15)25-24(26(31)16-10-11-21-22(12-16)36-14-35-21)27(32)28(33)30(25)17-6-5-7-18(13-17)34-2/h3-13,25,29,31H,14H2,1-2H3/b26-24+. The molecule has 1 unspecified atom stereocenters. The van der Waals surface area contributed by atoms with Crippen molar-refractivity contribution in [2.75, 3.05) is 18.8 Å². The van der Waals surface area contributed by atoms with Gasteiger partial charge in [-0.3, -0.25) is 14.5 Å². The van der Waals surface area contributed by atoms with E-state index < -0.39 is 17.7 Å². The summed E-state index contributed by atoms with van der Waals surface area (Å²) >= 11 is 0. The number of nitrogens with one attached hydrogen (secondary N) is 1. The lowest BCUT2D eigenvalue weighted by molar-refractivity contribution is -0.132. The second-order valence-electron chi connectivity index (χ2n) is 8.65. The molecule has 8 heteroatoms. The van der Waals surface area contributed by atoms with Crippen LogP contribution in [0.25, 0.3) is 16.7 Å². The van der Waals surface area contributed by atoms with E-state index in [0.717, 1.165) is 22.2 Å². The summed E-state index contributed by atoms with van der Waals surface area (Å²) in [5, 5.41) is 12.3. The maximum Gasteiger partial charge on any atom is 0.300 e. The molecule has 2 N–H and O–H groups in total. The molecule has 1 amide bonds. The monoisotopic (exact) mass is 482 g/mol. The number of ketones is 1. The zero-order valence-electron chi connectivity index (χ0n) is 19.6. The predicted molar refractivity (Wildman–Crippen MR) is 133 cm³/mol. The van der Waals surface area contributed by atoms with Gasteiger partial charge in [-0.25, -0.2) is 0 Å². The fourth-order valence-corrected chi connectivity index (χ4v) is 4.98. The fraction of sp³-hybridized carbons (Fsp3) is 0.143. The molecule has 36 heavy (non-hydrogen) atoms. The number of methoxy groups -OCH3 is 1. The zero-order valence-corrected chi connectivity index (χ0v) is 19.6. The number of amides is 1. The Bertz CT molecular complexity index is 1580. The number of para-hydroxylation sites is 1. The molecule has 1 aromatic heterocycles. The second-order valence-corrected chi connectivity index (χ2v) is 8.65. The molecule has 0 spiro atoms. The average Bonchev–Trinajstić information content (AvgIpc) is 3.57. The number of rotatable bonds is 4. The van der Waals surface area contributed by atoms with E-state index in [1.807, 2.05) is 31.2 Å². The Kier molecular flexibility index (Phi) is 4.96. The number of aromatic amines is 1. The summed E-state index contributed by atoms with van der Waals surface area (Å²) in [5.41, 5.74) is 3.21. The normalized spacial score (nSPS) is 18.3. The molecule has 2 aliphatic heterocycles. The highest BCUT2D eigenvalue weighted by molar-refractivity contribution is 6.52. The molecule has 180 valence electrons. The minimum absolute atomic E-state index is 0.00506. The summed E-state index contributed by atoms with van der Waals surface area (Å²) in [6, 6.07) is 18.7. The number of aromatic nitrogens is 1. The second kappa shape index (κ2) is 8.20. The fourth-order valence-electron chi connectivity index (χ4n) is 4.98. The van der Waals surface area contributed by atoms with Gasteiger partial charge in [0, 0.05) is 39.5 Å². The molecular formula is C28H22N2O6. The summed E-state index contributed by atoms with van der Waals surface area (Å²) < 4.78 is 16.2. The topological polar surface area (TPSA) is 101 Å². The maximum atomic E-state index is 13.5. The van der Waals surface area contributed by atoms with Crippen LogP contribution in [0.5, 0.6) is 17.2 Å². The summed E-state index contributed by atoms with van der Waals surface area (Å²) in [7, 11) is 1.54. The molecule has 0 bridgehead atoms. The van der Waals surface area contributed by atoms with Crippen molar-refractivity contribution in [3.05, 3.63) is 89.1 Å². The van der Waals surface area contributed by atoms with Gasteiger partial charge < -0.3 is 24.3 Å². The summed E-state index contributed by atoms with van der Waals surface area (Å²) in [6.45, 7) is 1.97. The first-order chi connectivity index (χ1) is 17.5. The van der Waals surface area contributed by atoms with Gasteiger partial charge in [0.2, 0.25) is 6.79 Å². The predicted octanol–water partition coefficient (Wildman–Crippen LogP) is 4.84. The van der Waals surface area contributed by atoms with Gasteiger partial charge in [0.1, 0.15) is 11.5 Å². The van der Waals surface area contributed by atoms with E-state index in [0.29, 0.717) is 28.5 Å². The molecule has 1 atom stereocenters. The summed E-state index contributed by atoms with van der Waals surface area (Å²) in [6.07, 6.45) is 0. The summed E-state index contributed by atoms with van der Waals surface area (Å²) in [4.78, 5) is 31.8. The zero-order chi connectivity index (χ0) is 25.0. The van der Waals surface area contributed by atoms with Crippen molar-refractivity contribution >= 4 is 34.0 Å². The largest absolute Gasteiger partial charge is 0.507 e. The van der Waals surface area contributed by atoms with Crippen molar-refractivity contribution < 1.29 is 28.9 Å². The molecule has 6 rings (SSSR count). The Morgan fingerprint density at radius 2 is 1.83 bits per heavy atom. The van der Waals surface area contributed by atoms with E-state index in [2.05, 4.69) is 4.98 Å². The number of hydrogen-bond acceptors (Lipinski definition) is 6. The van der Waals surface area contributed by atoms with E-state index >= 15 is 0 Å². The minimum Gasteiger partial charge on any atom is -0.507 e. The number of carbonyl (C=O) groups excluding carboxylic acids is 2. The first-order valence-electron chi connectivity index (χ1n) is 11.4. The van der Waals surface area contributed by atoms with Gasteiger partial charge in [0.25, 0.3) is 11.7 Å². The van der Waals surface area contributed by atoms with Crippen LogP contribution in [0.4, 0.5) is 5.69 Å². The highest BCUT2D eigenvalue weighted by Crippen LogP contribution is 2.46. The molecule has 0 radical (unpaired) electrons. The number of nitrogens with zero attached hydrogens (tertiary/aromatic N) is 1. The Hall–Kier alpha value is -4.72. The van der Waals surface area contributed by atoms with Crippen LogP contribution in [0.2, 0.25) is 0 Å². The molecule has 3 heterocycles. The number of H-pyrrole nitrogens is 1. The van der Waals surface area contributed by atoms with Gasteiger partial charge in [0.05, 0.1) is 18.7 Å². The lowest BCUT2D eigenvalue weighted by Crippen LogP contribution is -2.29. The lowest BCUT2D eigenvalue weighted by atomic mass is 9.93. The van der Waals surface area contributed by atoms with Crippen molar-refractivity contribution in [3.63, 3.8) is 0 Å². The lowest BCUT2D eigenvalue weighted by Gasteiger charge is -2.26. The van der Waals surface area contributed by atoms with E-state index in [1.165, 1.54) is 12.0 Å². The van der Waals surface area contributed by atoms with Crippen LogP contribution < -0.4 is 19.1 Å². The third-order valence-corrected chi connectivity index (χ3v) is 6.64. The van der Waals surface area contributed by atoms with Crippen molar-refractivity contribution in [1.29, 1.82) is 0 Å². The van der Waals surface area contributed by atoms with Crippen LogP contribution >= 0.6 is 0 Å². The van der Waals surface area contributed by atoms with Gasteiger partial charge in [-0.1, -0.05) is 24.3 Å². The van der Waals surface area contributed by atoms with Gasteiger partial charge in [-0.05, 0) is 43.3 Å². The van der Waals surface area contributed by atoms with Gasteiger partial charge in [-0.15, -0.1) is 0 Å². The smallest absolute Gasteiger partial charge is 0.300 e. The Balaban J connectivity index is 1.62. The molecule has 1 fully saturated rings. The molecular weight excluding hydrogens is 460 g/mol. The number of Topliss-reactive ketones (excluding diaryl/α,β-unsaturated/α-hetero) is 1. The summed E-state index contributed by atoms with van der Waals surface area (Å²) in [5.74, 6) is -0.248. The van der Waals surface area contributed by atoms with Gasteiger partial charge in [0.15, 0.2) is 11.5 Å². The van der Waals surface area contributed by atoms with Crippen molar-refractivity contribution in [1.82, 2.24) is 4.98 Å². The Morgan fingerprint density at radius 1 is 1.03 bits per heavy atom. The molecule has 3 aromatic carbocycles. The molecule has 8 nitrogen and oxygen atoms in total. The first kappa shape index (κ1) is 21.8. The number of aliphatic hydroxyl groups excluding tert-OH is 1. The number of anilines is 1. The number of fused-ring (bicyclic) bond motifs is 2. The van der Waals surface area contributed by atoms with Crippen LogP contribution in [-0.4, -0.2) is 35.7 Å². The third-order valence-electron chi connectivity index (χ3n) is 6.64. The maximum absolute atomic E-state index is 13.5. The van der Waals surface area contributed by atoms with Crippen LogP contribution in [0, 0.1) is 6.92 Å². The number of ether oxygens (including phenoxy) is 3. The van der Waals surface area contributed by atoms with E-state index in [-0.39, 0.29) is 18.1 Å². The third kappa shape index (κ3) is 3.22. The quantitative estimate of drug-likeness (QED) is 0.245. The average molecular weight is 482 g/mol. The SMILES string of the molecule is COc1cccc(N2C(=O)C(=O)/C(=C(/O)c3ccc4c(c3)OCO4)C2c2c(C)[nH]c3ccccc23)c1. The van der Waals surface area contributed by atoms with Gasteiger partial charge >= 0.3 is 0 Å². The molecule has 0 aliphatic carbocycles. The number of hydrogen-bond donors (Lipinski definition) is 2. The van der Waals surface area contributed by atoms with E-state index in [1.54, 1.807) is 42.5 Å². The first-order valence-corrected chi connectivity index (χ1v) is 11.4. The van der Waals surface area contributed by atoms with Crippen LogP contribution in [-0.2, 0) is 9.59 Å². The number of aliphatic hydroxyl groups is 1. The van der Waals surface area contributed by atoms with Crippen molar-refractivity contribution in [2.45, 2.75) is 13.0 Å². The highest BCUT2D eigenvalue weighted by atomic mass is 16.7. The van der Waals surface area contributed by atoms with Crippen molar-refractivity contribution in [2.24, 2.45) is 0 Å². The van der Waals surface area contributed by atoms with Gasteiger partial charge in [-0.2, -0.15) is 0 Å². The van der Waals surface area contributed by atoms with Crippen LogP contribution in [0.15, 0.2) is 72.3 Å². The van der Waals surface area contributed by atoms with Crippen LogP contribution in [0.3, 0.4) is 0 Å². The molecule has 0 saturated carbocycles. The van der Waals surface area contributed by atoms with Crippen LogP contribution in [0.1, 0.15) is 22.9 Å². The molecule has 4 aromatic rings. The van der Waals surface area contributed by atoms with Crippen molar-refractivity contribution in [3.8, 4) is 17.2 Å². The minimum atomic E-state index is -0.876. The highest BCUT2D eigenvalue weighted by Gasteiger charge is 2.48. The van der Waals surface area contributed by atoms with E-state index in [4.69, 9.17) is 14.2 Å².